The summed E-state index contributed by atoms with van der Waals surface area (Å²) in [6.45, 7) is 5.03. The van der Waals surface area contributed by atoms with Gasteiger partial charge in [0, 0.05) is 37.9 Å². The van der Waals surface area contributed by atoms with Crippen LogP contribution in [0.15, 0.2) is 28.0 Å². The number of aromatic nitrogens is 2. The van der Waals surface area contributed by atoms with E-state index < -0.39 is 10.0 Å². The van der Waals surface area contributed by atoms with Crippen molar-refractivity contribution in [3.63, 3.8) is 0 Å². The first-order valence-electron chi connectivity index (χ1n) is 6.65. The lowest BCUT2D eigenvalue weighted by molar-refractivity contribution is 0.582. The first-order chi connectivity index (χ1) is 9.87. The molecule has 2 N–H and O–H groups in total. The fraction of sp³-hybridized carbons (Fsp3) is 0.462. The van der Waals surface area contributed by atoms with Gasteiger partial charge in [-0.05, 0) is 17.0 Å². The minimum atomic E-state index is -3.46. The molecule has 2 aromatic rings. The molecule has 0 spiro atoms. The summed E-state index contributed by atoms with van der Waals surface area (Å²) >= 11 is 1.24. The van der Waals surface area contributed by atoms with Crippen LogP contribution >= 0.6 is 11.3 Å². The number of hydrogen-bond donors (Lipinski definition) is 2. The first-order valence-corrected chi connectivity index (χ1v) is 9.01. The van der Waals surface area contributed by atoms with Crippen LogP contribution < -0.4 is 10.0 Å². The van der Waals surface area contributed by atoms with Crippen molar-refractivity contribution >= 4 is 21.4 Å². The molecule has 0 atom stereocenters. The van der Waals surface area contributed by atoms with E-state index in [1.54, 1.807) is 30.2 Å². The molecule has 2 aromatic heterocycles. The number of hydrogen-bond acceptors (Lipinski definition) is 5. The molecule has 116 valence electrons. The van der Waals surface area contributed by atoms with E-state index in [9.17, 15) is 8.42 Å². The smallest absolute Gasteiger partial charge is 0.250 e. The minimum absolute atomic E-state index is 0.244. The predicted octanol–water partition coefficient (Wildman–Crippen LogP) is 1.46. The van der Waals surface area contributed by atoms with E-state index in [-0.39, 0.29) is 6.54 Å². The Labute approximate surface area is 129 Å². The second kappa shape index (κ2) is 6.69. The van der Waals surface area contributed by atoms with Crippen LogP contribution in [0.3, 0.4) is 0 Å². The fourth-order valence-corrected chi connectivity index (χ4v) is 3.99. The second-order valence-electron chi connectivity index (χ2n) is 5.16. The standard InChI is InChI=1S/C13H20N4O2S2/c1-10(2)14-5-11-4-13(20-9-11)21(18,19)16-7-12-6-15-17(3)8-12/h4,6,8-10,14,16H,5,7H2,1-3H3. The highest BCUT2D eigenvalue weighted by molar-refractivity contribution is 7.91. The van der Waals surface area contributed by atoms with Crippen molar-refractivity contribution in [2.45, 2.75) is 37.2 Å². The lowest BCUT2D eigenvalue weighted by atomic mass is 10.3. The Bertz CT molecular complexity index is 689. The molecular weight excluding hydrogens is 308 g/mol. The van der Waals surface area contributed by atoms with E-state index in [0.29, 0.717) is 16.8 Å². The molecule has 0 saturated heterocycles. The summed E-state index contributed by atoms with van der Waals surface area (Å²) in [6, 6.07) is 2.08. The zero-order valence-electron chi connectivity index (χ0n) is 12.3. The van der Waals surface area contributed by atoms with Crippen molar-refractivity contribution < 1.29 is 8.42 Å². The van der Waals surface area contributed by atoms with Gasteiger partial charge in [0.05, 0.1) is 6.20 Å². The molecule has 0 radical (unpaired) electrons. The van der Waals surface area contributed by atoms with Crippen molar-refractivity contribution in [1.29, 1.82) is 0 Å². The zero-order valence-corrected chi connectivity index (χ0v) is 14.0. The quantitative estimate of drug-likeness (QED) is 0.807. The molecule has 2 rings (SSSR count). The van der Waals surface area contributed by atoms with Gasteiger partial charge in [-0.15, -0.1) is 11.3 Å². The average molecular weight is 328 g/mol. The van der Waals surface area contributed by atoms with Crippen LogP contribution in [0, 0.1) is 0 Å². The monoisotopic (exact) mass is 328 g/mol. The maximum absolute atomic E-state index is 12.2. The van der Waals surface area contributed by atoms with E-state index in [4.69, 9.17) is 0 Å². The Morgan fingerprint density at radius 2 is 2.10 bits per heavy atom. The van der Waals surface area contributed by atoms with Gasteiger partial charge in [0.1, 0.15) is 4.21 Å². The van der Waals surface area contributed by atoms with Crippen LogP contribution in [0.25, 0.3) is 0 Å². The summed E-state index contributed by atoms with van der Waals surface area (Å²) in [4.78, 5) is 0. The lowest BCUT2D eigenvalue weighted by Crippen LogP contribution is -2.22. The van der Waals surface area contributed by atoms with Gasteiger partial charge >= 0.3 is 0 Å². The summed E-state index contributed by atoms with van der Waals surface area (Å²) in [5.74, 6) is 0. The third-order valence-electron chi connectivity index (χ3n) is 2.83. The molecule has 0 aliphatic carbocycles. The minimum Gasteiger partial charge on any atom is -0.310 e. The Kier molecular flexibility index (Phi) is 5.15. The number of thiophene rings is 1. The second-order valence-corrected chi connectivity index (χ2v) is 8.06. The zero-order chi connectivity index (χ0) is 15.5. The third kappa shape index (κ3) is 4.63. The van der Waals surface area contributed by atoms with Gasteiger partial charge in [-0.1, -0.05) is 13.8 Å². The van der Waals surface area contributed by atoms with Gasteiger partial charge < -0.3 is 5.32 Å². The van der Waals surface area contributed by atoms with Crippen LogP contribution in [-0.4, -0.2) is 24.2 Å². The number of nitrogens with one attached hydrogen (secondary N) is 2. The third-order valence-corrected chi connectivity index (χ3v) is 5.72. The van der Waals surface area contributed by atoms with Crippen LogP contribution in [0.4, 0.5) is 0 Å². The van der Waals surface area contributed by atoms with Crippen LogP contribution in [0.2, 0.25) is 0 Å². The van der Waals surface area contributed by atoms with Crippen molar-refractivity contribution in [3.8, 4) is 0 Å². The molecule has 8 heteroatoms. The Morgan fingerprint density at radius 3 is 2.71 bits per heavy atom. The molecule has 0 fully saturated rings. The van der Waals surface area contributed by atoms with Crippen molar-refractivity contribution in [2.75, 3.05) is 0 Å². The van der Waals surface area contributed by atoms with Crippen molar-refractivity contribution in [1.82, 2.24) is 19.8 Å². The molecular formula is C13H20N4O2S2. The van der Waals surface area contributed by atoms with Gasteiger partial charge in [-0.25, -0.2) is 13.1 Å². The average Bonchev–Trinajstić information content (AvgIpc) is 3.03. The Morgan fingerprint density at radius 1 is 1.33 bits per heavy atom. The Balaban J connectivity index is 1.99. The molecule has 0 aromatic carbocycles. The summed E-state index contributed by atoms with van der Waals surface area (Å²) in [7, 11) is -1.67. The SMILES string of the molecule is CC(C)NCc1csc(S(=O)(=O)NCc2cnn(C)c2)c1. The van der Waals surface area contributed by atoms with E-state index in [1.165, 1.54) is 11.3 Å². The van der Waals surface area contributed by atoms with Crippen molar-refractivity contribution in [2.24, 2.45) is 7.05 Å². The molecule has 0 aliphatic heterocycles. The largest absolute Gasteiger partial charge is 0.310 e. The fourth-order valence-electron chi connectivity index (χ4n) is 1.72. The molecule has 6 nitrogen and oxygen atoms in total. The number of sulfonamides is 1. The van der Waals surface area contributed by atoms with Gasteiger partial charge in [-0.2, -0.15) is 5.10 Å². The van der Waals surface area contributed by atoms with Gasteiger partial charge in [0.15, 0.2) is 0 Å². The summed E-state index contributed by atoms with van der Waals surface area (Å²) in [5, 5.41) is 9.15. The Hall–Kier alpha value is -1.22. The van der Waals surface area contributed by atoms with Crippen LogP contribution in [-0.2, 0) is 30.2 Å². The van der Waals surface area contributed by atoms with E-state index >= 15 is 0 Å². The van der Waals surface area contributed by atoms with Gasteiger partial charge in [0.25, 0.3) is 0 Å². The maximum Gasteiger partial charge on any atom is 0.250 e. The molecule has 0 aliphatic rings. The van der Waals surface area contributed by atoms with E-state index in [2.05, 4.69) is 29.0 Å². The number of nitrogens with zero attached hydrogens (tertiary/aromatic N) is 2. The summed E-state index contributed by atoms with van der Waals surface area (Å²) < 4.78 is 29.0. The van der Waals surface area contributed by atoms with Crippen LogP contribution in [0.5, 0.6) is 0 Å². The topological polar surface area (TPSA) is 76.0 Å². The molecule has 2 heterocycles. The number of aryl methyl sites for hydroxylation is 1. The van der Waals surface area contributed by atoms with Gasteiger partial charge in [-0.3, -0.25) is 4.68 Å². The van der Waals surface area contributed by atoms with Crippen LogP contribution in [0.1, 0.15) is 25.0 Å². The highest BCUT2D eigenvalue weighted by Gasteiger charge is 2.16. The number of rotatable bonds is 7. The normalized spacial score (nSPS) is 12.2. The predicted molar refractivity (Wildman–Crippen MR) is 83.5 cm³/mol. The van der Waals surface area contributed by atoms with Crippen molar-refractivity contribution in [3.05, 3.63) is 35.0 Å². The molecule has 0 saturated carbocycles. The first kappa shape index (κ1) is 16.2. The summed E-state index contributed by atoms with van der Waals surface area (Å²) in [6.07, 6.45) is 3.43. The molecule has 0 amide bonds. The van der Waals surface area contributed by atoms with E-state index in [1.807, 2.05) is 5.38 Å². The molecule has 0 bridgehead atoms. The highest BCUT2D eigenvalue weighted by atomic mass is 32.2. The maximum atomic E-state index is 12.2. The van der Waals surface area contributed by atoms with Gasteiger partial charge in [0.2, 0.25) is 10.0 Å². The molecule has 0 unspecified atom stereocenters. The van der Waals surface area contributed by atoms with E-state index in [0.717, 1.165) is 11.1 Å². The lowest BCUT2D eigenvalue weighted by Gasteiger charge is -2.05. The highest BCUT2D eigenvalue weighted by Crippen LogP contribution is 2.20. The molecule has 21 heavy (non-hydrogen) atoms. The summed E-state index contributed by atoms with van der Waals surface area (Å²) in [5.41, 5.74) is 1.81.